The van der Waals surface area contributed by atoms with E-state index in [1.807, 2.05) is 36.4 Å². The lowest BCUT2D eigenvalue weighted by molar-refractivity contribution is 0.0532. The molecule has 7 nitrogen and oxygen atoms in total. The number of hydrogen-bond donors (Lipinski definition) is 1. The van der Waals surface area contributed by atoms with Crippen molar-refractivity contribution in [2.24, 2.45) is 0 Å². The van der Waals surface area contributed by atoms with E-state index in [0.29, 0.717) is 43.1 Å². The zero-order valence-electron chi connectivity index (χ0n) is 16.3. The molecule has 29 heavy (non-hydrogen) atoms. The van der Waals surface area contributed by atoms with Gasteiger partial charge >= 0.3 is 0 Å². The summed E-state index contributed by atoms with van der Waals surface area (Å²) < 4.78 is 0. The van der Waals surface area contributed by atoms with Gasteiger partial charge in [-0.05, 0) is 42.3 Å². The number of aromatic nitrogens is 3. The molecule has 0 radical (unpaired) electrons. The van der Waals surface area contributed by atoms with Crippen molar-refractivity contribution in [2.45, 2.75) is 13.3 Å². The number of carbonyl (C=O) groups is 2. The maximum absolute atomic E-state index is 12.8. The van der Waals surface area contributed by atoms with Gasteiger partial charge in [0.15, 0.2) is 0 Å². The SMILES string of the molecule is CCc1ccc(C(=O)N2CCN(C(=O)c3cc(-c4cccnc4)n[nH]3)CC2)cc1. The molecule has 1 fully saturated rings. The molecule has 0 aliphatic carbocycles. The number of H-pyrrole nitrogens is 1. The Hall–Kier alpha value is -3.48. The van der Waals surface area contributed by atoms with Crippen molar-refractivity contribution in [1.29, 1.82) is 0 Å². The van der Waals surface area contributed by atoms with Gasteiger partial charge < -0.3 is 9.80 Å². The number of hydrogen-bond acceptors (Lipinski definition) is 4. The van der Waals surface area contributed by atoms with Crippen molar-refractivity contribution in [1.82, 2.24) is 25.0 Å². The Morgan fingerprint density at radius 2 is 1.69 bits per heavy atom. The number of rotatable bonds is 4. The molecule has 1 aliphatic rings. The zero-order valence-corrected chi connectivity index (χ0v) is 16.3. The molecule has 3 aromatic rings. The molecule has 0 spiro atoms. The van der Waals surface area contributed by atoms with Crippen molar-refractivity contribution in [3.05, 3.63) is 71.7 Å². The summed E-state index contributed by atoms with van der Waals surface area (Å²) in [4.78, 5) is 33.1. The minimum absolute atomic E-state index is 0.0140. The number of nitrogens with one attached hydrogen (secondary N) is 1. The lowest BCUT2D eigenvalue weighted by atomic mass is 10.1. The van der Waals surface area contributed by atoms with Crippen LogP contribution < -0.4 is 0 Å². The largest absolute Gasteiger partial charge is 0.335 e. The number of nitrogens with zero attached hydrogens (tertiary/aromatic N) is 4. The van der Waals surface area contributed by atoms with Crippen molar-refractivity contribution in [3.8, 4) is 11.3 Å². The summed E-state index contributed by atoms with van der Waals surface area (Å²) in [5, 5.41) is 7.04. The normalized spacial score (nSPS) is 14.1. The van der Waals surface area contributed by atoms with E-state index in [9.17, 15) is 9.59 Å². The quantitative estimate of drug-likeness (QED) is 0.744. The van der Waals surface area contributed by atoms with Crippen LogP contribution in [0.15, 0.2) is 54.9 Å². The molecule has 7 heteroatoms. The first kappa shape index (κ1) is 18.9. The fourth-order valence-corrected chi connectivity index (χ4v) is 3.44. The number of carbonyl (C=O) groups excluding carboxylic acids is 2. The molecule has 0 atom stereocenters. The number of amides is 2. The second-order valence-corrected chi connectivity index (χ2v) is 7.04. The Balaban J connectivity index is 1.37. The van der Waals surface area contributed by atoms with Crippen LogP contribution in [0, 0.1) is 0 Å². The maximum Gasteiger partial charge on any atom is 0.272 e. The van der Waals surface area contributed by atoms with Crippen LogP contribution in [0.3, 0.4) is 0 Å². The summed E-state index contributed by atoms with van der Waals surface area (Å²) in [5.41, 5.74) is 3.88. The van der Waals surface area contributed by atoms with E-state index >= 15 is 0 Å². The molecule has 1 N–H and O–H groups in total. The van der Waals surface area contributed by atoms with Crippen LogP contribution in [0.2, 0.25) is 0 Å². The number of aryl methyl sites for hydroxylation is 1. The van der Waals surface area contributed by atoms with E-state index in [4.69, 9.17) is 0 Å². The molecule has 3 heterocycles. The molecule has 0 bridgehead atoms. The molecular weight excluding hydrogens is 366 g/mol. The molecule has 4 rings (SSSR count). The first-order chi connectivity index (χ1) is 14.2. The molecule has 1 aromatic carbocycles. The number of piperazine rings is 1. The predicted molar refractivity (Wildman–Crippen MR) is 109 cm³/mol. The summed E-state index contributed by atoms with van der Waals surface area (Å²) in [5.74, 6) is -0.0906. The lowest BCUT2D eigenvalue weighted by Crippen LogP contribution is -2.50. The van der Waals surface area contributed by atoms with Crippen molar-refractivity contribution >= 4 is 11.8 Å². The van der Waals surface area contributed by atoms with Gasteiger partial charge in [0.2, 0.25) is 0 Å². The van der Waals surface area contributed by atoms with Crippen LogP contribution >= 0.6 is 0 Å². The van der Waals surface area contributed by atoms with Crippen LogP contribution in [0.1, 0.15) is 33.3 Å². The van der Waals surface area contributed by atoms with Gasteiger partial charge in [-0.25, -0.2) is 0 Å². The fraction of sp³-hybridized carbons (Fsp3) is 0.273. The molecule has 1 aliphatic heterocycles. The van der Waals surface area contributed by atoms with Crippen LogP contribution in [0.5, 0.6) is 0 Å². The second kappa shape index (κ2) is 8.26. The molecule has 2 aromatic heterocycles. The van der Waals surface area contributed by atoms with Gasteiger partial charge in [0.25, 0.3) is 11.8 Å². The van der Waals surface area contributed by atoms with Crippen LogP contribution in [0.25, 0.3) is 11.3 Å². The Bertz CT molecular complexity index is 990. The van der Waals surface area contributed by atoms with Gasteiger partial charge in [0, 0.05) is 49.7 Å². The third-order valence-electron chi connectivity index (χ3n) is 5.23. The number of pyridine rings is 1. The van der Waals surface area contributed by atoms with Crippen LogP contribution in [0.4, 0.5) is 0 Å². The average molecular weight is 389 g/mol. The van der Waals surface area contributed by atoms with E-state index < -0.39 is 0 Å². The molecule has 2 amide bonds. The van der Waals surface area contributed by atoms with Gasteiger partial charge in [-0.15, -0.1) is 0 Å². The topological polar surface area (TPSA) is 82.2 Å². The van der Waals surface area contributed by atoms with Crippen LogP contribution in [-0.4, -0.2) is 63.0 Å². The van der Waals surface area contributed by atoms with Gasteiger partial charge in [-0.3, -0.25) is 19.7 Å². The third kappa shape index (κ3) is 4.03. The van der Waals surface area contributed by atoms with Gasteiger partial charge in [0.05, 0.1) is 5.69 Å². The minimum Gasteiger partial charge on any atom is -0.335 e. The highest BCUT2D eigenvalue weighted by Crippen LogP contribution is 2.18. The lowest BCUT2D eigenvalue weighted by Gasteiger charge is -2.34. The number of aromatic amines is 1. The first-order valence-corrected chi connectivity index (χ1v) is 9.79. The average Bonchev–Trinajstić information content (AvgIpc) is 3.29. The minimum atomic E-state index is -0.105. The Morgan fingerprint density at radius 1 is 1.00 bits per heavy atom. The van der Waals surface area contributed by atoms with Crippen molar-refractivity contribution in [2.75, 3.05) is 26.2 Å². The van der Waals surface area contributed by atoms with Crippen LogP contribution in [-0.2, 0) is 6.42 Å². The predicted octanol–water partition coefficient (Wildman–Crippen LogP) is 2.63. The van der Waals surface area contributed by atoms with E-state index in [1.54, 1.807) is 28.3 Å². The van der Waals surface area contributed by atoms with E-state index in [1.165, 1.54) is 5.56 Å². The molecule has 1 saturated heterocycles. The molecule has 0 unspecified atom stereocenters. The summed E-state index contributed by atoms with van der Waals surface area (Å²) >= 11 is 0. The van der Waals surface area contributed by atoms with E-state index in [2.05, 4.69) is 22.1 Å². The summed E-state index contributed by atoms with van der Waals surface area (Å²) in [6.07, 6.45) is 4.36. The summed E-state index contributed by atoms with van der Waals surface area (Å²) in [6, 6.07) is 13.2. The Kier molecular flexibility index (Phi) is 5.37. The number of benzene rings is 1. The summed E-state index contributed by atoms with van der Waals surface area (Å²) in [6.45, 7) is 4.12. The van der Waals surface area contributed by atoms with E-state index in [0.717, 1.165) is 12.0 Å². The highest BCUT2D eigenvalue weighted by molar-refractivity contribution is 5.95. The molecule has 148 valence electrons. The van der Waals surface area contributed by atoms with Gasteiger partial charge in [0.1, 0.15) is 5.69 Å². The van der Waals surface area contributed by atoms with E-state index in [-0.39, 0.29) is 11.8 Å². The highest BCUT2D eigenvalue weighted by atomic mass is 16.2. The zero-order chi connectivity index (χ0) is 20.2. The van der Waals surface area contributed by atoms with Gasteiger partial charge in [-0.1, -0.05) is 19.1 Å². The first-order valence-electron chi connectivity index (χ1n) is 9.79. The smallest absolute Gasteiger partial charge is 0.272 e. The van der Waals surface area contributed by atoms with Gasteiger partial charge in [-0.2, -0.15) is 5.10 Å². The maximum atomic E-state index is 12.8. The third-order valence-corrected chi connectivity index (χ3v) is 5.23. The monoisotopic (exact) mass is 389 g/mol. The van der Waals surface area contributed by atoms with Crippen molar-refractivity contribution in [3.63, 3.8) is 0 Å². The standard InChI is InChI=1S/C22H23N5O2/c1-2-16-5-7-17(8-6-16)21(28)26-10-12-27(13-11-26)22(29)20-14-19(24-25-20)18-4-3-9-23-15-18/h3-9,14-15H,2,10-13H2,1H3,(H,24,25). The summed E-state index contributed by atoms with van der Waals surface area (Å²) in [7, 11) is 0. The highest BCUT2D eigenvalue weighted by Gasteiger charge is 2.26. The fourth-order valence-electron chi connectivity index (χ4n) is 3.44. The molecule has 0 saturated carbocycles. The van der Waals surface area contributed by atoms with Crippen molar-refractivity contribution < 1.29 is 9.59 Å². The Labute approximate surface area is 169 Å². The Morgan fingerprint density at radius 3 is 2.31 bits per heavy atom. The molecular formula is C22H23N5O2. The second-order valence-electron chi connectivity index (χ2n) is 7.04.